The molecule has 3 heteroatoms. The number of nitrogens with one attached hydrogen (secondary N) is 1. The van der Waals surface area contributed by atoms with Crippen LogP contribution >= 0.6 is 0 Å². The number of carbonyl (C=O) groups excluding carboxylic acids is 1. The average molecular weight is 282 g/mol. The normalized spacial score (nSPS) is 15.3. The number of aryl methyl sites for hydroxylation is 1. The zero-order chi connectivity index (χ0) is 14.8. The van der Waals surface area contributed by atoms with E-state index in [0.29, 0.717) is 6.04 Å². The fourth-order valence-corrected chi connectivity index (χ4v) is 3.30. The molecular weight excluding hydrogens is 260 g/mol. The van der Waals surface area contributed by atoms with Crippen molar-refractivity contribution in [1.82, 2.24) is 9.88 Å². The molecule has 0 aliphatic heterocycles. The van der Waals surface area contributed by atoms with Gasteiger partial charge in [0.05, 0.1) is 5.56 Å². The Morgan fingerprint density at radius 1 is 1.14 bits per heavy atom. The summed E-state index contributed by atoms with van der Waals surface area (Å²) in [5.74, 6) is 0.0668. The Labute approximate surface area is 126 Å². The van der Waals surface area contributed by atoms with Crippen LogP contribution in [0.4, 0.5) is 0 Å². The number of aromatic nitrogens is 1. The van der Waals surface area contributed by atoms with Crippen LogP contribution in [0.15, 0.2) is 36.4 Å². The summed E-state index contributed by atoms with van der Waals surface area (Å²) in [4.78, 5) is 12.5. The minimum atomic E-state index is 0.0668. The number of hydrogen-bond donors (Lipinski definition) is 1. The lowest BCUT2D eigenvalue weighted by Gasteiger charge is -2.12. The van der Waals surface area contributed by atoms with E-state index in [0.717, 1.165) is 35.5 Å². The molecule has 0 atom stereocenters. The maximum atomic E-state index is 12.5. The van der Waals surface area contributed by atoms with Crippen molar-refractivity contribution in [3.05, 3.63) is 53.3 Å². The Balaban J connectivity index is 1.89. The first kappa shape index (κ1) is 13.9. The van der Waals surface area contributed by atoms with Crippen LogP contribution in [-0.4, -0.2) is 16.5 Å². The molecule has 0 spiro atoms. The van der Waals surface area contributed by atoms with Gasteiger partial charge in [-0.1, -0.05) is 31.0 Å². The molecule has 1 aromatic carbocycles. The lowest BCUT2D eigenvalue weighted by molar-refractivity contribution is 0.0937. The summed E-state index contributed by atoms with van der Waals surface area (Å²) in [5.41, 5.74) is 4.00. The van der Waals surface area contributed by atoms with Crippen LogP contribution < -0.4 is 5.32 Å². The molecule has 3 rings (SSSR count). The summed E-state index contributed by atoms with van der Waals surface area (Å²) in [6.07, 6.45) is 4.69. The standard InChI is InChI=1S/C18H22N2O/c1-13-12-17(18(21)19-15-8-6-7-9-15)14(2)20(13)16-10-4-3-5-11-16/h3-5,10-12,15H,6-9H2,1-2H3,(H,19,21). The van der Waals surface area contributed by atoms with Crippen LogP contribution in [0, 0.1) is 13.8 Å². The molecule has 0 bridgehead atoms. The van der Waals surface area contributed by atoms with Gasteiger partial charge < -0.3 is 9.88 Å². The molecule has 1 heterocycles. The molecule has 110 valence electrons. The molecule has 1 saturated carbocycles. The highest BCUT2D eigenvalue weighted by molar-refractivity contribution is 5.96. The zero-order valence-electron chi connectivity index (χ0n) is 12.7. The van der Waals surface area contributed by atoms with Gasteiger partial charge >= 0.3 is 0 Å². The summed E-state index contributed by atoms with van der Waals surface area (Å²) >= 11 is 0. The first-order valence-electron chi connectivity index (χ1n) is 7.72. The lowest BCUT2D eigenvalue weighted by Crippen LogP contribution is -2.32. The van der Waals surface area contributed by atoms with E-state index in [-0.39, 0.29) is 5.91 Å². The highest BCUT2D eigenvalue weighted by Gasteiger charge is 2.21. The predicted octanol–water partition coefficient (Wildman–Crippen LogP) is 3.77. The number of amides is 1. The Kier molecular flexibility index (Phi) is 3.82. The van der Waals surface area contributed by atoms with Crippen molar-refractivity contribution in [1.29, 1.82) is 0 Å². The first-order valence-corrected chi connectivity index (χ1v) is 7.72. The van der Waals surface area contributed by atoms with E-state index in [1.54, 1.807) is 0 Å². The first-order chi connectivity index (χ1) is 10.2. The van der Waals surface area contributed by atoms with Crippen LogP contribution in [0.1, 0.15) is 47.4 Å². The fraction of sp³-hybridized carbons (Fsp3) is 0.389. The van der Waals surface area contributed by atoms with E-state index in [9.17, 15) is 4.79 Å². The van der Waals surface area contributed by atoms with E-state index >= 15 is 0 Å². The molecule has 1 aromatic heterocycles. The molecule has 1 amide bonds. The van der Waals surface area contributed by atoms with Crippen molar-refractivity contribution in [2.75, 3.05) is 0 Å². The smallest absolute Gasteiger partial charge is 0.253 e. The third kappa shape index (κ3) is 2.73. The quantitative estimate of drug-likeness (QED) is 0.913. The molecule has 0 radical (unpaired) electrons. The minimum absolute atomic E-state index is 0.0668. The van der Waals surface area contributed by atoms with Crippen molar-refractivity contribution in [2.45, 2.75) is 45.6 Å². The van der Waals surface area contributed by atoms with Gasteiger partial charge in [-0.2, -0.15) is 0 Å². The van der Waals surface area contributed by atoms with Crippen molar-refractivity contribution in [3.8, 4) is 5.69 Å². The maximum Gasteiger partial charge on any atom is 0.253 e. The van der Waals surface area contributed by atoms with E-state index in [1.165, 1.54) is 12.8 Å². The molecule has 1 aliphatic rings. The van der Waals surface area contributed by atoms with Gasteiger partial charge in [0.15, 0.2) is 0 Å². The second-order valence-electron chi connectivity index (χ2n) is 5.91. The number of para-hydroxylation sites is 1. The fourth-order valence-electron chi connectivity index (χ4n) is 3.30. The predicted molar refractivity (Wildman–Crippen MR) is 85.0 cm³/mol. The summed E-state index contributed by atoms with van der Waals surface area (Å²) < 4.78 is 2.14. The topological polar surface area (TPSA) is 34.0 Å². The van der Waals surface area contributed by atoms with Gasteiger partial charge in [-0.15, -0.1) is 0 Å². The number of nitrogens with zero attached hydrogens (tertiary/aromatic N) is 1. The van der Waals surface area contributed by atoms with Gasteiger partial charge in [0.2, 0.25) is 0 Å². The van der Waals surface area contributed by atoms with Crippen molar-refractivity contribution < 1.29 is 4.79 Å². The molecule has 1 aliphatic carbocycles. The van der Waals surface area contributed by atoms with Crippen molar-refractivity contribution in [2.24, 2.45) is 0 Å². The van der Waals surface area contributed by atoms with Gasteiger partial charge in [-0.05, 0) is 44.9 Å². The largest absolute Gasteiger partial charge is 0.349 e. The molecule has 1 N–H and O–H groups in total. The third-order valence-electron chi connectivity index (χ3n) is 4.38. The number of benzene rings is 1. The Hall–Kier alpha value is -2.03. The summed E-state index contributed by atoms with van der Waals surface area (Å²) in [7, 11) is 0. The molecule has 2 aromatic rings. The minimum Gasteiger partial charge on any atom is -0.349 e. The van der Waals surface area contributed by atoms with E-state index < -0.39 is 0 Å². The van der Waals surface area contributed by atoms with Crippen LogP contribution in [0.25, 0.3) is 5.69 Å². The van der Waals surface area contributed by atoms with Gasteiger partial charge in [0, 0.05) is 23.1 Å². The van der Waals surface area contributed by atoms with Gasteiger partial charge in [-0.25, -0.2) is 0 Å². The van der Waals surface area contributed by atoms with E-state index in [2.05, 4.69) is 22.0 Å². The van der Waals surface area contributed by atoms with Gasteiger partial charge in [-0.3, -0.25) is 4.79 Å². The Morgan fingerprint density at radius 2 is 1.81 bits per heavy atom. The van der Waals surface area contributed by atoms with Crippen LogP contribution in [0.3, 0.4) is 0 Å². The van der Waals surface area contributed by atoms with E-state index in [1.807, 2.05) is 38.1 Å². The molecular formula is C18H22N2O. The summed E-state index contributed by atoms with van der Waals surface area (Å²) in [6.45, 7) is 4.07. The molecule has 21 heavy (non-hydrogen) atoms. The molecule has 0 saturated heterocycles. The maximum absolute atomic E-state index is 12.5. The van der Waals surface area contributed by atoms with Crippen LogP contribution in [-0.2, 0) is 0 Å². The highest BCUT2D eigenvalue weighted by Crippen LogP contribution is 2.22. The van der Waals surface area contributed by atoms with Crippen molar-refractivity contribution >= 4 is 5.91 Å². The summed E-state index contributed by atoms with van der Waals surface area (Å²) in [5, 5.41) is 3.18. The van der Waals surface area contributed by atoms with Gasteiger partial charge in [0.1, 0.15) is 0 Å². The Morgan fingerprint density at radius 3 is 2.48 bits per heavy atom. The van der Waals surface area contributed by atoms with Crippen molar-refractivity contribution in [3.63, 3.8) is 0 Å². The van der Waals surface area contributed by atoms with Crippen LogP contribution in [0.5, 0.6) is 0 Å². The van der Waals surface area contributed by atoms with E-state index in [4.69, 9.17) is 0 Å². The third-order valence-corrected chi connectivity index (χ3v) is 4.38. The second kappa shape index (κ2) is 5.76. The molecule has 1 fully saturated rings. The average Bonchev–Trinajstić information content (AvgIpc) is 3.08. The number of carbonyl (C=O) groups is 1. The lowest BCUT2D eigenvalue weighted by atomic mass is 10.2. The second-order valence-corrected chi connectivity index (χ2v) is 5.91. The van der Waals surface area contributed by atoms with Gasteiger partial charge in [0.25, 0.3) is 5.91 Å². The monoisotopic (exact) mass is 282 g/mol. The Bertz CT molecular complexity index is 637. The molecule has 3 nitrogen and oxygen atoms in total. The SMILES string of the molecule is Cc1cc(C(=O)NC2CCCC2)c(C)n1-c1ccccc1. The summed E-state index contributed by atoms with van der Waals surface area (Å²) in [6, 6.07) is 12.5. The molecule has 0 unspecified atom stereocenters. The number of rotatable bonds is 3. The van der Waals surface area contributed by atoms with Crippen LogP contribution in [0.2, 0.25) is 0 Å². The highest BCUT2D eigenvalue weighted by atomic mass is 16.1. The number of hydrogen-bond acceptors (Lipinski definition) is 1. The zero-order valence-corrected chi connectivity index (χ0v) is 12.7.